The fourth-order valence-corrected chi connectivity index (χ4v) is 5.77. The van der Waals surface area contributed by atoms with Crippen LogP contribution in [0.1, 0.15) is 23.7 Å². The third-order valence-electron chi connectivity index (χ3n) is 6.96. The average molecular weight is 543 g/mol. The number of carbonyl (C=O) groups is 3. The summed E-state index contributed by atoms with van der Waals surface area (Å²) in [5.74, 6) is -0.983. The van der Waals surface area contributed by atoms with Gasteiger partial charge in [-0.25, -0.2) is 9.37 Å². The molecule has 39 heavy (non-hydrogen) atoms. The first-order valence-electron chi connectivity index (χ1n) is 12.4. The minimum atomic E-state index is -1.31. The van der Waals surface area contributed by atoms with E-state index in [1.807, 2.05) is 30.3 Å². The van der Waals surface area contributed by atoms with E-state index in [0.717, 1.165) is 21.3 Å². The van der Waals surface area contributed by atoms with Crippen LogP contribution in [-0.2, 0) is 16.1 Å². The Morgan fingerprint density at radius 3 is 2.77 bits per heavy atom. The first-order valence-corrected chi connectivity index (χ1v) is 13.2. The topological polar surface area (TPSA) is 110 Å². The highest BCUT2D eigenvalue weighted by Crippen LogP contribution is 2.29. The second kappa shape index (κ2) is 9.99. The van der Waals surface area contributed by atoms with E-state index in [9.17, 15) is 18.8 Å². The molecule has 5 aromatic rings. The number of rotatable bonds is 6. The zero-order chi connectivity index (χ0) is 27.1. The van der Waals surface area contributed by atoms with E-state index in [2.05, 4.69) is 20.5 Å². The smallest absolute Gasteiger partial charge is 0.247 e. The normalized spacial score (nSPS) is 17.1. The summed E-state index contributed by atoms with van der Waals surface area (Å²) < 4.78 is 17.1. The van der Waals surface area contributed by atoms with E-state index in [4.69, 9.17) is 0 Å². The lowest BCUT2D eigenvalue weighted by molar-refractivity contribution is -0.137. The van der Waals surface area contributed by atoms with Gasteiger partial charge in [-0.1, -0.05) is 6.07 Å². The number of anilines is 1. The number of alkyl halides is 1. The zero-order valence-electron chi connectivity index (χ0n) is 20.9. The second-order valence-corrected chi connectivity index (χ2v) is 10.4. The molecular weight excluding hydrogens is 519 g/mol. The summed E-state index contributed by atoms with van der Waals surface area (Å²) in [4.78, 5) is 44.5. The molecule has 196 valence electrons. The molecule has 3 aromatic heterocycles. The van der Waals surface area contributed by atoms with Crippen LogP contribution >= 0.6 is 11.3 Å². The van der Waals surface area contributed by atoms with Crippen molar-refractivity contribution < 1.29 is 18.8 Å². The molecule has 2 amide bonds. The van der Waals surface area contributed by atoms with Crippen molar-refractivity contribution in [3.05, 3.63) is 72.1 Å². The lowest BCUT2D eigenvalue weighted by Gasteiger charge is -2.24. The number of nitrogens with zero attached hydrogens (tertiary/aromatic N) is 5. The first kappa shape index (κ1) is 24.8. The largest absolute Gasteiger partial charge is 0.337 e. The van der Waals surface area contributed by atoms with Gasteiger partial charge in [0.1, 0.15) is 18.8 Å². The number of benzene rings is 2. The van der Waals surface area contributed by atoms with Gasteiger partial charge in [-0.2, -0.15) is 10.2 Å². The highest BCUT2D eigenvalue weighted by atomic mass is 32.1. The minimum absolute atomic E-state index is 0.0746. The molecule has 0 spiro atoms. The fourth-order valence-electron chi connectivity index (χ4n) is 5.05. The summed E-state index contributed by atoms with van der Waals surface area (Å²) in [7, 11) is 0. The van der Waals surface area contributed by atoms with Crippen LogP contribution in [0.15, 0.2) is 66.6 Å². The molecule has 2 unspecified atom stereocenters. The minimum Gasteiger partial charge on any atom is -0.337 e. The molecule has 2 aromatic carbocycles. The predicted molar refractivity (Wildman–Crippen MR) is 146 cm³/mol. The third kappa shape index (κ3) is 4.76. The van der Waals surface area contributed by atoms with E-state index in [1.165, 1.54) is 23.2 Å². The van der Waals surface area contributed by atoms with Crippen LogP contribution in [0.25, 0.3) is 32.2 Å². The molecule has 0 bridgehead atoms. The lowest BCUT2D eigenvalue weighted by Crippen LogP contribution is -2.44. The molecule has 4 heterocycles. The van der Waals surface area contributed by atoms with Crippen LogP contribution in [0.2, 0.25) is 0 Å². The van der Waals surface area contributed by atoms with Crippen LogP contribution in [0, 0.1) is 0 Å². The van der Waals surface area contributed by atoms with E-state index >= 15 is 0 Å². The third-order valence-corrected chi connectivity index (χ3v) is 7.75. The van der Waals surface area contributed by atoms with Gasteiger partial charge in [0.2, 0.25) is 11.8 Å². The number of thiazole rings is 1. The highest BCUT2D eigenvalue weighted by molar-refractivity contribution is 7.16. The van der Waals surface area contributed by atoms with Gasteiger partial charge in [0, 0.05) is 40.3 Å². The van der Waals surface area contributed by atoms with Crippen LogP contribution in [0.5, 0.6) is 0 Å². The number of amides is 2. The Hall–Kier alpha value is -4.51. The molecule has 1 N–H and O–H groups in total. The van der Waals surface area contributed by atoms with Crippen molar-refractivity contribution >= 4 is 55.7 Å². The summed E-state index contributed by atoms with van der Waals surface area (Å²) in [6.45, 7) is 1.17. The Labute approximate surface area is 226 Å². The molecule has 0 saturated carbocycles. The van der Waals surface area contributed by atoms with Gasteiger partial charge in [-0.3, -0.25) is 14.4 Å². The van der Waals surface area contributed by atoms with Gasteiger partial charge >= 0.3 is 0 Å². The lowest BCUT2D eigenvalue weighted by atomic mass is 10.0. The van der Waals surface area contributed by atoms with Crippen molar-refractivity contribution in [2.24, 2.45) is 0 Å². The fraction of sp³-hybridized carbons (Fsp3) is 0.214. The number of aromatic nitrogens is 4. The predicted octanol–water partition coefficient (Wildman–Crippen LogP) is 4.49. The highest BCUT2D eigenvalue weighted by Gasteiger charge is 2.40. The van der Waals surface area contributed by atoms with Gasteiger partial charge in [0.05, 0.1) is 34.7 Å². The maximum atomic E-state index is 14.5. The van der Waals surface area contributed by atoms with E-state index in [0.29, 0.717) is 22.2 Å². The number of hydrogen-bond acceptors (Lipinski definition) is 7. The Bertz CT molecular complexity index is 1730. The molecule has 1 fully saturated rings. The Kier molecular flexibility index (Phi) is 6.35. The SMILES string of the molecule is CC(=O)c1cn(CC(=O)N2CC(F)CC2C(=O)Nc2ccc3ncsc3c2)c2ccc(-c3ccnnc3)cc12. The maximum Gasteiger partial charge on any atom is 0.247 e. The molecule has 1 saturated heterocycles. The Morgan fingerprint density at radius 2 is 1.97 bits per heavy atom. The van der Waals surface area contributed by atoms with Gasteiger partial charge in [0.25, 0.3) is 0 Å². The summed E-state index contributed by atoms with van der Waals surface area (Å²) in [6.07, 6.45) is 3.49. The number of nitrogens with one attached hydrogen (secondary N) is 1. The first-order chi connectivity index (χ1) is 18.9. The molecule has 6 rings (SSSR count). The Balaban J connectivity index is 1.25. The summed E-state index contributed by atoms with van der Waals surface area (Å²) in [5.41, 5.74) is 5.98. The average Bonchev–Trinajstić information content (AvgIpc) is 3.65. The Morgan fingerprint density at radius 1 is 1.10 bits per heavy atom. The number of halogens is 1. The van der Waals surface area contributed by atoms with Crippen molar-refractivity contribution in [1.29, 1.82) is 0 Å². The van der Waals surface area contributed by atoms with Gasteiger partial charge in [0.15, 0.2) is 5.78 Å². The number of likely N-dealkylation sites (tertiary alicyclic amines) is 1. The molecule has 1 aliphatic heterocycles. The van der Waals surface area contributed by atoms with Gasteiger partial charge in [-0.05, 0) is 48.9 Å². The number of ketones is 1. The summed E-state index contributed by atoms with van der Waals surface area (Å²) >= 11 is 1.45. The van der Waals surface area contributed by atoms with Crippen LogP contribution < -0.4 is 5.32 Å². The monoisotopic (exact) mass is 542 g/mol. The summed E-state index contributed by atoms with van der Waals surface area (Å²) in [6, 6.07) is 11.8. The molecular formula is C28H23FN6O3S. The molecule has 1 aliphatic rings. The van der Waals surface area contributed by atoms with Crippen molar-refractivity contribution in [1.82, 2.24) is 24.6 Å². The van der Waals surface area contributed by atoms with Gasteiger partial charge < -0.3 is 14.8 Å². The number of carbonyl (C=O) groups excluding carboxylic acids is 3. The van der Waals surface area contributed by atoms with E-state index in [1.54, 1.807) is 40.8 Å². The molecule has 9 nitrogen and oxygen atoms in total. The number of Topliss-reactive ketones (excluding diaryl/α,β-unsaturated/α-hetero) is 1. The number of fused-ring (bicyclic) bond motifs is 2. The van der Waals surface area contributed by atoms with Crippen LogP contribution in [-0.4, -0.2) is 61.0 Å². The standard InChI is InChI=1S/C28H23FN6O3S/c1-16(36)22-13-34(24-5-2-17(8-21(22)24)18-6-7-31-32-11-18)14-27(37)35-12-19(29)9-25(35)28(38)33-20-3-4-23-26(10-20)39-15-30-23/h2-8,10-11,13,15,19,25H,9,12,14H2,1H3,(H,33,38). The number of hydrogen-bond donors (Lipinski definition) is 1. The van der Waals surface area contributed by atoms with Crippen molar-refractivity contribution in [3.8, 4) is 11.1 Å². The molecule has 11 heteroatoms. The second-order valence-electron chi connectivity index (χ2n) is 9.51. The zero-order valence-corrected chi connectivity index (χ0v) is 21.7. The van der Waals surface area contributed by atoms with Crippen LogP contribution in [0.3, 0.4) is 0 Å². The quantitative estimate of drug-likeness (QED) is 0.317. The van der Waals surface area contributed by atoms with E-state index in [-0.39, 0.29) is 25.3 Å². The van der Waals surface area contributed by atoms with Gasteiger partial charge in [-0.15, -0.1) is 11.3 Å². The van der Waals surface area contributed by atoms with Crippen molar-refractivity contribution in [2.45, 2.75) is 32.1 Å². The van der Waals surface area contributed by atoms with Crippen LogP contribution in [0.4, 0.5) is 10.1 Å². The maximum absolute atomic E-state index is 14.5. The van der Waals surface area contributed by atoms with Crippen molar-refractivity contribution in [2.75, 3.05) is 11.9 Å². The van der Waals surface area contributed by atoms with Crippen molar-refractivity contribution in [3.63, 3.8) is 0 Å². The molecule has 0 aliphatic carbocycles. The molecule has 0 radical (unpaired) electrons. The molecule has 2 atom stereocenters. The summed E-state index contributed by atoms with van der Waals surface area (Å²) in [5, 5.41) is 11.2. The van der Waals surface area contributed by atoms with E-state index < -0.39 is 24.0 Å².